The van der Waals surface area contributed by atoms with Crippen LogP contribution in [0.5, 0.6) is 0 Å². The number of rotatable bonds is 4. The number of fused-ring (bicyclic) bond motifs is 1. The fourth-order valence-electron chi connectivity index (χ4n) is 5.79. The second-order valence-corrected chi connectivity index (χ2v) is 16.5. The minimum Gasteiger partial charge on any atom is -0.396 e. The maximum Gasteiger partial charge on any atom is 0.136 e. The van der Waals surface area contributed by atoms with Gasteiger partial charge >= 0.3 is 0 Å². The molecule has 1 unspecified atom stereocenters. The molecule has 0 bridgehead atoms. The lowest BCUT2D eigenvalue weighted by molar-refractivity contribution is -0.129. The lowest BCUT2D eigenvalue weighted by Gasteiger charge is -2.41. The van der Waals surface area contributed by atoms with Gasteiger partial charge in [0.2, 0.25) is 0 Å². The molecule has 0 aromatic heterocycles. The van der Waals surface area contributed by atoms with E-state index in [1.807, 2.05) is 0 Å². The number of benzene rings is 1. The summed E-state index contributed by atoms with van der Waals surface area (Å²) in [6, 6.07) is 8.47. The summed E-state index contributed by atoms with van der Waals surface area (Å²) in [5, 5.41) is 9.98. The van der Waals surface area contributed by atoms with Crippen molar-refractivity contribution >= 4 is 13.9 Å². The second-order valence-electron chi connectivity index (χ2n) is 10.9. The Morgan fingerprint density at radius 2 is 2.03 bits per heavy atom. The Labute approximate surface area is 178 Å². The highest BCUT2D eigenvalue weighted by Crippen LogP contribution is 2.56. The first-order valence-corrected chi connectivity index (χ1v) is 14.8. The molecule has 0 heterocycles. The first-order valence-electron chi connectivity index (χ1n) is 11.3. The molecule has 2 nitrogen and oxygen atoms in total. The van der Waals surface area contributed by atoms with Crippen LogP contribution >= 0.6 is 0 Å². The van der Waals surface area contributed by atoms with Crippen molar-refractivity contribution in [2.75, 3.05) is 6.61 Å². The molecule has 0 spiro atoms. The molecule has 1 N–H and O–H groups in total. The summed E-state index contributed by atoms with van der Waals surface area (Å²) in [6.07, 6.45) is 5.16. The van der Waals surface area contributed by atoms with Gasteiger partial charge < -0.3 is 5.11 Å². The van der Waals surface area contributed by atoms with Gasteiger partial charge in [-0.2, -0.15) is 0 Å². The molecule has 0 radical (unpaired) electrons. The summed E-state index contributed by atoms with van der Waals surface area (Å²) in [7, 11) is -1.61. The quantitative estimate of drug-likeness (QED) is 0.519. The van der Waals surface area contributed by atoms with Crippen LogP contribution < -0.4 is 0 Å². The summed E-state index contributed by atoms with van der Waals surface area (Å²) in [5.74, 6) is 8.52. The van der Waals surface area contributed by atoms with Gasteiger partial charge in [-0.25, -0.2) is 0 Å². The Hall–Kier alpha value is -1.37. The van der Waals surface area contributed by atoms with Gasteiger partial charge in [0, 0.05) is 28.9 Å². The van der Waals surface area contributed by atoms with Crippen LogP contribution in [-0.2, 0) is 9.83 Å². The van der Waals surface area contributed by atoms with Crippen LogP contribution in [0, 0.1) is 35.0 Å². The van der Waals surface area contributed by atoms with Crippen LogP contribution in [0.2, 0.25) is 19.6 Å². The normalized spacial score (nSPS) is 30.1. The van der Waals surface area contributed by atoms with Crippen molar-refractivity contribution in [3.05, 3.63) is 35.4 Å². The highest BCUT2D eigenvalue weighted by Gasteiger charge is 2.52. The topological polar surface area (TPSA) is 37.3 Å². The third-order valence-electron chi connectivity index (χ3n) is 8.46. The van der Waals surface area contributed by atoms with Crippen molar-refractivity contribution in [2.24, 2.45) is 23.2 Å². The Morgan fingerprint density at radius 3 is 2.69 bits per heavy atom. The standard InChI is InChI=1S/C26H38O2Si/c1-19(22-14-15-23-24(28)11-8-16-25(22,23)2)12-13-20-9-7-10-21(17-20)26(3,18-27)29(4,5)6/h7,9-10,17,19,22-23,27H,8,11,14-16,18H2,1-6H3/t19-,22+,23-,25+,26?/m0/s1. The van der Waals surface area contributed by atoms with Gasteiger partial charge in [-0.3, -0.25) is 4.79 Å². The predicted octanol–water partition coefficient (Wildman–Crippen LogP) is 5.59. The minimum absolute atomic E-state index is 0.137. The number of aliphatic hydroxyl groups is 1. The van der Waals surface area contributed by atoms with E-state index >= 15 is 0 Å². The number of carbonyl (C=O) groups is 1. The number of hydrogen-bond acceptors (Lipinski definition) is 2. The van der Waals surface area contributed by atoms with Crippen molar-refractivity contribution in [3.8, 4) is 11.8 Å². The van der Waals surface area contributed by atoms with Crippen molar-refractivity contribution in [3.63, 3.8) is 0 Å². The summed E-state index contributed by atoms with van der Waals surface area (Å²) in [4.78, 5) is 12.4. The van der Waals surface area contributed by atoms with E-state index in [0.29, 0.717) is 17.6 Å². The van der Waals surface area contributed by atoms with E-state index in [0.717, 1.165) is 31.2 Å². The summed E-state index contributed by atoms with van der Waals surface area (Å²) in [6.45, 7) is 13.9. The van der Waals surface area contributed by atoms with Crippen LogP contribution in [0.25, 0.3) is 0 Å². The van der Waals surface area contributed by atoms with Crippen LogP contribution in [0.1, 0.15) is 64.0 Å². The lowest BCUT2D eigenvalue weighted by atomic mass is 9.62. The van der Waals surface area contributed by atoms with E-state index in [-0.39, 0.29) is 23.0 Å². The number of carbonyl (C=O) groups excluding carboxylic acids is 1. The molecule has 158 valence electrons. The van der Waals surface area contributed by atoms with Gasteiger partial charge in [-0.1, -0.05) is 64.4 Å². The van der Waals surface area contributed by atoms with Crippen molar-refractivity contribution in [1.82, 2.24) is 0 Å². The largest absolute Gasteiger partial charge is 0.396 e. The second kappa shape index (κ2) is 8.04. The average molecular weight is 411 g/mol. The molecular formula is C26H38O2Si. The highest BCUT2D eigenvalue weighted by molar-refractivity contribution is 6.79. The third-order valence-corrected chi connectivity index (χ3v) is 12.2. The molecule has 3 rings (SSSR count). The SMILES string of the molecule is C[C@@H](C#Cc1cccc(C(C)(CO)[Si](C)(C)C)c1)[C@H]1CC[C@H]2C(=O)CCC[C@]12C. The van der Waals surface area contributed by atoms with Crippen molar-refractivity contribution in [1.29, 1.82) is 0 Å². The van der Waals surface area contributed by atoms with Gasteiger partial charge in [0.15, 0.2) is 0 Å². The molecule has 2 aliphatic rings. The number of ketones is 1. The molecule has 2 aliphatic carbocycles. The van der Waals surface area contributed by atoms with Gasteiger partial charge in [-0.05, 0) is 54.7 Å². The maximum atomic E-state index is 12.4. The molecule has 1 aromatic carbocycles. The van der Waals surface area contributed by atoms with Crippen molar-refractivity contribution in [2.45, 2.75) is 77.6 Å². The molecule has 3 heteroatoms. The Kier molecular flexibility index (Phi) is 6.19. The highest BCUT2D eigenvalue weighted by atomic mass is 28.3. The molecule has 0 amide bonds. The van der Waals surface area contributed by atoms with Crippen molar-refractivity contribution < 1.29 is 9.90 Å². The number of hydrogen-bond donors (Lipinski definition) is 1. The van der Waals surface area contributed by atoms with Gasteiger partial charge in [0.1, 0.15) is 5.78 Å². The zero-order valence-corrected chi connectivity index (χ0v) is 20.1. The van der Waals surface area contributed by atoms with E-state index in [1.165, 1.54) is 12.0 Å². The third kappa shape index (κ3) is 3.99. The number of Topliss-reactive ketones (excluding diaryl/α,β-unsaturated/α-hetero) is 1. The molecule has 0 saturated heterocycles. The first-order chi connectivity index (χ1) is 13.5. The lowest BCUT2D eigenvalue weighted by Crippen LogP contribution is -2.50. The van der Waals surface area contributed by atoms with Crippen LogP contribution in [0.3, 0.4) is 0 Å². The van der Waals surface area contributed by atoms with E-state index in [9.17, 15) is 9.90 Å². The van der Waals surface area contributed by atoms with E-state index < -0.39 is 8.07 Å². The zero-order chi connectivity index (χ0) is 21.4. The van der Waals surface area contributed by atoms with E-state index in [4.69, 9.17) is 0 Å². The maximum absolute atomic E-state index is 12.4. The fourth-order valence-corrected chi connectivity index (χ4v) is 7.29. The zero-order valence-electron chi connectivity index (χ0n) is 19.1. The first kappa shape index (κ1) is 22.3. The van der Waals surface area contributed by atoms with E-state index in [1.54, 1.807) is 0 Å². The fraction of sp³-hybridized carbons (Fsp3) is 0.654. The van der Waals surface area contributed by atoms with Gasteiger partial charge in [0.25, 0.3) is 0 Å². The van der Waals surface area contributed by atoms with Crippen LogP contribution in [0.15, 0.2) is 24.3 Å². The van der Waals surface area contributed by atoms with Gasteiger partial charge in [-0.15, -0.1) is 0 Å². The smallest absolute Gasteiger partial charge is 0.136 e. The Balaban J connectivity index is 1.83. The molecule has 2 saturated carbocycles. The molecule has 1 aromatic rings. The van der Waals surface area contributed by atoms with Crippen LogP contribution in [-0.4, -0.2) is 25.6 Å². The monoisotopic (exact) mass is 410 g/mol. The molecule has 29 heavy (non-hydrogen) atoms. The summed E-state index contributed by atoms with van der Waals surface area (Å²) in [5.41, 5.74) is 2.37. The molecule has 0 aliphatic heterocycles. The average Bonchev–Trinajstić information content (AvgIpc) is 3.03. The Morgan fingerprint density at radius 1 is 1.31 bits per heavy atom. The molecular weight excluding hydrogens is 372 g/mol. The number of aliphatic hydroxyl groups excluding tert-OH is 1. The molecule has 5 atom stereocenters. The Bertz CT molecular complexity index is 827. The van der Waals surface area contributed by atoms with E-state index in [2.05, 4.69) is 76.5 Å². The molecule has 2 fully saturated rings. The van der Waals surface area contributed by atoms with Crippen LogP contribution in [0.4, 0.5) is 0 Å². The summed E-state index contributed by atoms with van der Waals surface area (Å²) < 4.78 is 0. The van der Waals surface area contributed by atoms with Gasteiger partial charge in [0.05, 0.1) is 14.7 Å². The predicted molar refractivity (Wildman–Crippen MR) is 123 cm³/mol. The summed E-state index contributed by atoms with van der Waals surface area (Å²) >= 11 is 0. The minimum atomic E-state index is -1.61.